The Morgan fingerprint density at radius 2 is 1.93 bits per heavy atom. The number of aliphatic hydroxyl groups is 1. The summed E-state index contributed by atoms with van der Waals surface area (Å²) >= 11 is 0. The number of nitrogens with zero attached hydrogens (tertiary/aromatic N) is 5. The third-order valence-electron chi connectivity index (χ3n) is 5.05. The third kappa shape index (κ3) is 2.76. The summed E-state index contributed by atoms with van der Waals surface area (Å²) in [5.41, 5.74) is 1.09. The number of aliphatic hydroxyl groups excluding tert-OH is 1. The molecule has 1 N–H and O–H groups in total. The maximum atomic E-state index is 13.1. The predicted molar refractivity (Wildman–Crippen MR) is 104 cm³/mol. The molecular formula is C19H23N5O3. The van der Waals surface area contributed by atoms with Crippen molar-refractivity contribution in [2.45, 2.75) is 26.4 Å². The van der Waals surface area contributed by atoms with Crippen molar-refractivity contribution in [3.63, 3.8) is 0 Å². The van der Waals surface area contributed by atoms with Crippen molar-refractivity contribution in [1.29, 1.82) is 0 Å². The fourth-order valence-corrected chi connectivity index (χ4v) is 3.76. The fourth-order valence-electron chi connectivity index (χ4n) is 3.76. The van der Waals surface area contributed by atoms with E-state index in [9.17, 15) is 9.59 Å². The Hall–Kier alpha value is -2.87. The van der Waals surface area contributed by atoms with Crippen molar-refractivity contribution in [3.05, 3.63) is 51.2 Å². The SMILES string of the molecule is CC1CN(c2ccccc2)c2nc3c(c(=O)n(CCCO)c(=O)n3C)n2C1. The summed E-state index contributed by atoms with van der Waals surface area (Å²) < 4.78 is 4.54. The molecule has 0 amide bonds. The minimum Gasteiger partial charge on any atom is -0.396 e. The summed E-state index contributed by atoms with van der Waals surface area (Å²) in [6, 6.07) is 9.93. The zero-order chi connectivity index (χ0) is 19.1. The predicted octanol–water partition coefficient (Wildman–Crippen LogP) is 1.07. The Bertz CT molecular complexity index is 1100. The molecule has 3 aromatic rings. The molecule has 8 heteroatoms. The molecule has 0 saturated heterocycles. The second-order valence-electron chi connectivity index (χ2n) is 7.12. The van der Waals surface area contributed by atoms with Crippen LogP contribution in [0.15, 0.2) is 39.9 Å². The summed E-state index contributed by atoms with van der Waals surface area (Å²) in [7, 11) is 1.63. The Kier molecular flexibility index (Phi) is 4.35. The van der Waals surface area contributed by atoms with E-state index in [1.54, 1.807) is 7.05 Å². The highest BCUT2D eigenvalue weighted by Gasteiger charge is 2.29. The second kappa shape index (κ2) is 6.70. The van der Waals surface area contributed by atoms with Crippen LogP contribution in [0.25, 0.3) is 11.2 Å². The van der Waals surface area contributed by atoms with E-state index in [1.807, 2.05) is 34.9 Å². The number of hydrogen-bond acceptors (Lipinski definition) is 5. The molecule has 0 radical (unpaired) electrons. The fraction of sp³-hybridized carbons (Fsp3) is 0.421. The molecule has 8 nitrogen and oxygen atoms in total. The van der Waals surface area contributed by atoms with Crippen molar-refractivity contribution in [3.8, 4) is 0 Å². The number of anilines is 2. The van der Waals surface area contributed by atoms with Crippen molar-refractivity contribution < 1.29 is 5.11 Å². The molecule has 0 fully saturated rings. The number of fused-ring (bicyclic) bond motifs is 3. The van der Waals surface area contributed by atoms with Gasteiger partial charge in [-0.15, -0.1) is 0 Å². The molecule has 3 heterocycles. The number of imidazole rings is 1. The second-order valence-corrected chi connectivity index (χ2v) is 7.12. The van der Waals surface area contributed by atoms with Crippen LogP contribution < -0.4 is 16.1 Å². The summed E-state index contributed by atoms with van der Waals surface area (Å²) in [4.78, 5) is 32.5. The lowest BCUT2D eigenvalue weighted by atomic mass is 10.1. The average molecular weight is 369 g/mol. The number of hydrogen-bond donors (Lipinski definition) is 1. The zero-order valence-electron chi connectivity index (χ0n) is 15.5. The standard InChI is InChI=1S/C19H23N5O3/c1-13-11-23(14-7-4-3-5-8-14)18-20-16-15(24(18)12-13)17(26)22(9-6-10-25)19(27)21(16)2/h3-5,7-8,13,25H,6,9-12H2,1-2H3. The van der Waals surface area contributed by atoms with Gasteiger partial charge in [-0.2, -0.15) is 4.98 Å². The van der Waals surface area contributed by atoms with Crippen molar-refractivity contribution >= 4 is 22.8 Å². The lowest BCUT2D eigenvalue weighted by Crippen LogP contribution is -2.40. The van der Waals surface area contributed by atoms with E-state index in [0.717, 1.165) is 12.2 Å². The molecule has 0 spiro atoms. The van der Waals surface area contributed by atoms with Crippen LogP contribution in [0.5, 0.6) is 0 Å². The van der Waals surface area contributed by atoms with Gasteiger partial charge < -0.3 is 14.6 Å². The van der Waals surface area contributed by atoms with Crippen LogP contribution in [0, 0.1) is 5.92 Å². The minimum atomic E-state index is -0.407. The summed E-state index contributed by atoms with van der Waals surface area (Å²) in [6.45, 7) is 3.72. The lowest BCUT2D eigenvalue weighted by Gasteiger charge is -2.32. The average Bonchev–Trinajstić information content (AvgIpc) is 3.06. The molecule has 1 aromatic carbocycles. The number of rotatable bonds is 4. The highest BCUT2D eigenvalue weighted by atomic mass is 16.3. The first-order valence-electron chi connectivity index (χ1n) is 9.16. The van der Waals surface area contributed by atoms with Crippen LogP contribution in [-0.4, -0.2) is 36.9 Å². The highest BCUT2D eigenvalue weighted by molar-refractivity contribution is 5.77. The molecule has 0 saturated carbocycles. The van der Waals surface area contributed by atoms with E-state index >= 15 is 0 Å². The number of aromatic nitrogens is 4. The Balaban J connectivity index is 1.98. The molecule has 1 atom stereocenters. The first-order chi connectivity index (χ1) is 13.0. The monoisotopic (exact) mass is 369 g/mol. The van der Waals surface area contributed by atoms with E-state index in [0.29, 0.717) is 36.0 Å². The van der Waals surface area contributed by atoms with Gasteiger partial charge in [0.15, 0.2) is 11.2 Å². The maximum absolute atomic E-state index is 13.1. The van der Waals surface area contributed by atoms with Crippen LogP contribution >= 0.6 is 0 Å². The number of benzene rings is 1. The van der Waals surface area contributed by atoms with Gasteiger partial charge in [-0.1, -0.05) is 25.1 Å². The molecular weight excluding hydrogens is 346 g/mol. The Morgan fingerprint density at radius 3 is 2.63 bits per heavy atom. The summed E-state index contributed by atoms with van der Waals surface area (Å²) in [5, 5.41) is 9.09. The normalized spacial score (nSPS) is 16.7. The highest BCUT2D eigenvalue weighted by Crippen LogP contribution is 2.32. The quantitative estimate of drug-likeness (QED) is 0.743. The minimum absolute atomic E-state index is 0.0725. The Morgan fingerprint density at radius 1 is 1.19 bits per heavy atom. The van der Waals surface area contributed by atoms with Crippen LogP contribution in [0.3, 0.4) is 0 Å². The van der Waals surface area contributed by atoms with E-state index < -0.39 is 5.69 Å². The molecule has 142 valence electrons. The number of aryl methyl sites for hydroxylation is 1. The van der Waals surface area contributed by atoms with Crippen LogP contribution in [-0.2, 0) is 20.1 Å². The van der Waals surface area contributed by atoms with Gasteiger partial charge in [0.05, 0.1) is 0 Å². The van der Waals surface area contributed by atoms with E-state index in [2.05, 4.69) is 16.8 Å². The van der Waals surface area contributed by atoms with Crippen molar-refractivity contribution in [2.24, 2.45) is 13.0 Å². The van der Waals surface area contributed by atoms with Crippen molar-refractivity contribution in [1.82, 2.24) is 18.7 Å². The molecule has 4 rings (SSSR count). The van der Waals surface area contributed by atoms with Gasteiger partial charge in [-0.25, -0.2) is 4.79 Å². The van der Waals surface area contributed by atoms with Crippen molar-refractivity contribution in [2.75, 3.05) is 18.1 Å². The van der Waals surface area contributed by atoms with E-state index in [-0.39, 0.29) is 18.7 Å². The van der Waals surface area contributed by atoms with E-state index in [4.69, 9.17) is 5.11 Å². The summed E-state index contributed by atoms with van der Waals surface area (Å²) in [5.74, 6) is 0.999. The van der Waals surface area contributed by atoms with Gasteiger partial charge in [0.25, 0.3) is 5.56 Å². The van der Waals surface area contributed by atoms with Gasteiger partial charge in [0.2, 0.25) is 5.95 Å². The van der Waals surface area contributed by atoms with Crippen LogP contribution in [0.4, 0.5) is 11.6 Å². The lowest BCUT2D eigenvalue weighted by molar-refractivity contribution is 0.277. The molecule has 1 aliphatic rings. The maximum Gasteiger partial charge on any atom is 0.332 e. The van der Waals surface area contributed by atoms with Gasteiger partial charge in [0.1, 0.15) is 0 Å². The zero-order valence-corrected chi connectivity index (χ0v) is 15.5. The molecule has 2 aromatic heterocycles. The largest absolute Gasteiger partial charge is 0.396 e. The molecule has 27 heavy (non-hydrogen) atoms. The van der Waals surface area contributed by atoms with Crippen LogP contribution in [0.2, 0.25) is 0 Å². The van der Waals surface area contributed by atoms with E-state index in [1.165, 1.54) is 9.13 Å². The topological polar surface area (TPSA) is 85.3 Å². The van der Waals surface area contributed by atoms with Gasteiger partial charge in [0, 0.05) is 39.0 Å². The molecule has 0 bridgehead atoms. The van der Waals surface area contributed by atoms with Gasteiger partial charge in [-0.3, -0.25) is 13.9 Å². The van der Waals surface area contributed by atoms with Gasteiger partial charge >= 0.3 is 5.69 Å². The molecule has 0 aliphatic carbocycles. The number of para-hydroxylation sites is 1. The summed E-state index contributed by atoms with van der Waals surface area (Å²) in [6.07, 6.45) is 0.355. The molecule has 1 unspecified atom stereocenters. The first-order valence-corrected chi connectivity index (χ1v) is 9.16. The first kappa shape index (κ1) is 17.5. The van der Waals surface area contributed by atoms with Crippen LogP contribution in [0.1, 0.15) is 13.3 Å². The van der Waals surface area contributed by atoms with Gasteiger partial charge in [-0.05, 0) is 24.5 Å². The third-order valence-corrected chi connectivity index (χ3v) is 5.05. The molecule has 1 aliphatic heterocycles. The smallest absolute Gasteiger partial charge is 0.332 e. The Labute approximate surface area is 155 Å².